The molecule has 0 unspecified atom stereocenters. The summed E-state index contributed by atoms with van der Waals surface area (Å²) in [5.41, 5.74) is 1.88. The molecule has 0 aliphatic carbocycles. The molecule has 0 spiro atoms. The Balaban J connectivity index is 2.12. The van der Waals surface area contributed by atoms with Gasteiger partial charge in [0, 0.05) is 22.6 Å². The predicted molar refractivity (Wildman–Crippen MR) is 108 cm³/mol. The van der Waals surface area contributed by atoms with Crippen LogP contribution in [0.15, 0.2) is 45.8 Å². The van der Waals surface area contributed by atoms with Crippen molar-refractivity contribution in [3.63, 3.8) is 0 Å². The van der Waals surface area contributed by atoms with Gasteiger partial charge in [-0.3, -0.25) is 9.10 Å². The van der Waals surface area contributed by atoms with Crippen molar-refractivity contribution >= 4 is 37.5 Å². The first-order valence-electron chi connectivity index (χ1n) is 8.58. The number of anilines is 1. The van der Waals surface area contributed by atoms with Crippen molar-refractivity contribution in [3.05, 3.63) is 52.0 Å². The molecular weight excluding hydrogens is 432 g/mol. The van der Waals surface area contributed by atoms with Crippen molar-refractivity contribution < 1.29 is 17.9 Å². The van der Waals surface area contributed by atoms with E-state index in [4.69, 9.17) is 4.74 Å². The second-order valence-corrected chi connectivity index (χ2v) is 9.05. The summed E-state index contributed by atoms with van der Waals surface area (Å²) >= 11 is 3.43. The van der Waals surface area contributed by atoms with E-state index in [0.717, 1.165) is 10.0 Å². The fourth-order valence-corrected chi connectivity index (χ4v) is 5.61. The summed E-state index contributed by atoms with van der Waals surface area (Å²) in [7, 11) is -2.50. The van der Waals surface area contributed by atoms with Gasteiger partial charge in [0.05, 0.1) is 12.8 Å². The van der Waals surface area contributed by atoms with Gasteiger partial charge in [-0.1, -0.05) is 15.9 Å². The van der Waals surface area contributed by atoms with Crippen LogP contribution in [0.5, 0.6) is 5.75 Å². The number of nitrogens with zero attached hydrogens (tertiary/aromatic N) is 1. The SMILES string of the molecule is CCNC(=O)c1ccc(OC)c(S(=O)(=O)N2c3ccc(Br)cc3C[C@@H]2C)c1. The Bertz CT molecular complexity index is 991. The van der Waals surface area contributed by atoms with Gasteiger partial charge in [0.25, 0.3) is 15.9 Å². The van der Waals surface area contributed by atoms with E-state index in [1.807, 2.05) is 19.1 Å². The number of halogens is 1. The molecular formula is C19H21BrN2O4S. The number of amides is 1. The summed E-state index contributed by atoms with van der Waals surface area (Å²) in [5.74, 6) is -0.115. The van der Waals surface area contributed by atoms with Crippen LogP contribution < -0.4 is 14.4 Å². The van der Waals surface area contributed by atoms with Gasteiger partial charge in [-0.15, -0.1) is 0 Å². The summed E-state index contributed by atoms with van der Waals surface area (Å²) in [6, 6.07) is 9.76. The predicted octanol–water partition coefficient (Wildman–Crippen LogP) is 3.35. The molecule has 1 aliphatic rings. The molecule has 0 bridgehead atoms. The lowest BCUT2D eigenvalue weighted by Crippen LogP contribution is -2.36. The quantitative estimate of drug-likeness (QED) is 0.754. The van der Waals surface area contributed by atoms with Gasteiger partial charge < -0.3 is 10.1 Å². The molecule has 2 aromatic rings. The smallest absolute Gasteiger partial charge is 0.268 e. The molecule has 3 rings (SSSR count). The van der Waals surface area contributed by atoms with Gasteiger partial charge in [-0.2, -0.15) is 0 Å². The largest absolute Gasteiger partial charge is 0.495 e. The average molecular weight is 453 g/mol. The van der Waals surface area contributed by atoms with Crippen molar-refractivity contribution in [2.45, 2.75) is 31.2 Å². The number of fused-ring (bicyclic) bond motifs is 1. The van der Waals surface area contributed by atoms with Crippen LogP contribution in [0.2, 0.25) is 0 Å². The number of hydrogen-bond donors (Lipinski definition) is 1. The number of hydrogen-bond acceptors (Lipinski definition) is 4. The van der Waals surface area contributed by atoms with E-state index in [0.29, 0.717) is 18.7 Å². The molecule has 1 atom stereocenters. The minimum atomic E-state index is -3.91. The molecule has 0 saturated carbocycles. The van der Waals surface area contributed by atoms with Gasteiger partial charge >= 0.3 is 0 Å². The van der Waals surface area contributed by atoms with Crippen LogP contribution in [0, 0.1) is 0 Å². The minimum absolute atomic E-state index is 0.0172. The minimum Gasteiger partial charge on any atom is -0.495 e. The third-order valence-corrected chi connectivity index (χ3v) is 6.94. The lowest BCUT2D eigenvalue weighted by atomic mass is 10.1. The summed E-state index contributed by atoms with van der Waals surface area (Å²) in [4.78, 5) is 12.2. The molecule has 27 heavy (non-hydrogen) atoms. The molecule has 6 nitrogen and oxygen atoms in total. The summed E-state index contributed by atoms with van der Waals surface area (Å²) in [6.07, 6.45) is 0.617. The zero-order valence-corrected chi connectivity index (χ0v) is 17.7. The average Bonchev–Trinajstić information content (AvgIpc) is 2.96. The zero-order valence-electron chi connectivity index (χ0n) is 15.3. The van der Waals surface area contributed by atoms with Crippen LogP contribution in [0.4, 0.5) is 5.69 Å². The number of rotatable bonds is 5. The van der Waals surface area contributed by atoms with Crippen LogP contribution in [-0.4, -0.2) is 34.0 Å². The summed E-state index contributed by atoms with van der Waals surface area (Å²) in [5, 5.41) is 2.68. The Morgan fingerprint density at radius 2 is 2.04 bits per heavy atom. The second-order valence-electron chi connectivity index (χ2n) is 6.35. The van der Waals surface area contributed by atoms with E-state index in [1.165, 1.54) is 23.5 Å². The van der Waals surface area contributed by atoms with Crippen molar-refractivity contribution in [2.75, 3.05) is 18.0 Å². The van der Waals surface area contributed by atoms with Gasteiger partial charge in [0.2, 0.25) is 0 Å². The number of carbonyl (C=O) groups excluding carboxylic acids is 1. The second kappa shape index (κ2) is 7.52. The van der Waals surface area contributed by atoms with Gasteiger partial charge in [-0.05, 0) is 62.2 Å². The molecule has 2 aromatic carbocycles. The van der Waals surface area contributed by atoms with Crippen molar-refractivity contribution in [1.82, 2.24) is 5.32 Å². The highest BCUT2D eigenvalue weighted by Gasteiger charge is 2.38. The first-order valence-corrected chi connectivity index (χ1v) is 10.8. The molecule has 1 amide bonds. The third-order valence-electron chi connectivity index (χ3n) is 4.49. The van der Waals surface area contributed by atoms with E-state index in [9.17, 15) is 13.2 Å². The number of carbonyl (C=O) groups is 1. The molecule has 8 heteroatoms. The van der Waals surface area contributed by atoms with E-state index in [-0.39, 0.29) is 28.2 Å². The molecule has 0 radical (unpaired) electrons. The highest BCUT2D eigenvalue weighted by Crippen LogP contribution is 2.40. The Labute approximate surface area is 167 Å². The maximum atomic E-state index is 13.5. The van der Waals surface area contributed by atoms with Gasteiger partial charge in [0.1, 0.15) is 10.6 Å². The molecule has 0 fully saturated rings. The van der Waals surface area contributed by atoms with Crippen LogP contribution in [0.3, 0.4) is 0 Å². The maximum absolute atomic E-state index is 13.5. The molecule has 1 heterocycles. The van der Waals surface area contributed by atoms with E-state index in [2.05, 4.69) is 21.2 Å². The monoisotopic (exact) mass is 452 g/mol. The summed E-state index contributed by atoms with van der Waals surface area (Å²) in [6.45, 7) is 4.13. The van der Waals surface area contributed by atoms with Crippen LogP contribution >= 0.6 is 15.9 Å². The molecule has 1 N–H and O–H groups in total. The zero-order chi connectivity index (χ0) is 19.8. The van der Waals surface area contributed by atoms with E-state index < -0.39 is 10.0 Å². The van der Waals surface area contributed by atoms with Gasteiger partial charge in [-0.25, -0.2) is 8.42 Å². The van der Waals surface area contributed by atoms with Crippen molar-refractivity contribution in [1.29, 1.82) is 0 Å². The number of nitrogens with one attached hydrogen (secondary N) is 1. The van der Waals surface area contributed by atoms with E-state index in [1.54, 1.807) is 19.1 Å². The highest BCUT2D eigenvalue weighted by molar-refractivity contribution is 9.10. The topological polar surface area (TPSA) is 75.7 Å². The fraction of sp³-hybridized carbons (Fsp3) is 0.316. The Morgan fingerprint density at radius 1 is 1.30 bits per heavy atom. The van der Waals surface area contributed by atoms with E-state index >= 15 is 0 Å². The van der Waals surface area contributed by atoms with Crippen LogP contribution in [0.1, 0.15) is 29.8 Å². The first-order chi connectivity index (χ1) is 12.8. The lowest BCUT2D eigenvalue weighted by Gasteiger charge is -2.25. The molecule has 1 aliphatic heterocycles. The molecule has 0 aromatic heterocycles. The Morgan fingerprint density at radius 3 is 2.70 bits per heavy atom. The number of benzene rings is 2. The van der Waals surface area contributed by atoms with Gasteiger partial charge in [0.15, 0.2) is 0 Å². The number of ether oxygens (including phenoxy) is 1. The lowest BCUT2D eigenvalue weighted by molar-refractivity contribution is 0.0955. The molecule has 0 saturated heterocycles. The fourth-order valence-electron chi connectivity index (χ4n) is 3.33. The molecule has 144 valence electrons. The first kappa shape index (κ1) is 19.7. The standard InChI is InChI=1S/C19H21BrN2O4S/c1-4-21-19(23)13-5-8-17(26-3)18(11-13)27(24,25)22-12(2)9-14-10-15(20)6-7-16(14)22/h5-8,10-12H,4,9H2,1-3H3,(H,21,23)/t12-/m0/s1. The Kier molecular flexibility index (Phi) is 5.48. The number of methoxy groups -OCH3 is 1. The summed E-state index contributed by atoms with van der Waals surface area (Å²) < 4.78 is 34.6. The van der Waals surface area contributed by atoms with Crippen LogP contribution in [0.25, 0.3) is 0 Å². The normalized spacial score (nSPS) is 16.1. The maximum Gasteiger partial charge on any atom is 0.268 e. The number of sulfonamides is 1. The van der Waals surface area contributed by atoms with Crippen molar-refractivity contribution in [2.24, 2.45) is 0 Å². The highest BCUT2D eigenvalue weighted by atomic mass is 79.9. The van der Waals surface area contributed by atoms with Crippen LogP contribution in [-0.2, 0) is 16.4 Å². The Hall–Kier alpha value is -2.06. The third kappa shape index (κ3) is 3.55. The van der Waals surface area contributed by atoms with Crippen molar-refractivity contribution in [3.8, 4) is 5.75 Å².